The van der Waals surface area contributed by atoms with Crippen molar-refractivity contribution >= 4 is 12.2 Å². The van der Waals surface area contributed by atoms with Crippen molar-refractivity contribution < 1.29 is 28.9 Å². The largest absolute Gasteiger partial charge is 0.388 e. The van der Waals surface area contributed by atoms with Gasteiger partial charge >= 0.3 is 0 Å². The van der Waals surface area contributed by atoms with E-state index in [0.717, 1.165) is 70.5 Å². The summed E-state index contributed by atoms with van der Waals surface area (Å²) in [5, 5.41) is 12.1. The molecule has 11 atom stereocenters. The lowest BCUT2D eigenvalue weighted by molar-refractivity contribution is -0.231. The predicted molar refractivity (Wildman–Crippen MR) is 166 cm³/mol. The maximum Gasteiger partial charge on any atom is 0.223 e. The number of aliphatic hydroxyl groups is 1. The fourth-order valence-corrected chi connectivity index (χ4v) is 11.6. The van der Waals surface area contributed by atoms with Gasteiger partial charge in [-0.25, -0.2) is 0 Å². The second-order valence-electron chi connectivity index (χ2n) is 17.0. The molecule has 7 rings (SSSR count). The molecule has 2 bridgehead atoms. The lowest BCUT2D eigenvalue weighted by Gasteiger charge is -2.64. The Morgan fingerprint density at radius 2 is 1.86 bits per heavy atom. The normalized spacial score (nSPS) is 48.6. The van der Waals surface area contributed by atoms with Gasteiger partial charge in [-0.1, -0.05) is 33.6 Å². The summed E-state index contributed by atoms with van der Waals surface area (Å²) in [6.07, 6.45) is 14.8. The molecule has 0 aromatic rings. The van der Waals surface area contributed by atoms with Crippen LogP contribution in [0.25, 0.3) is 0 Å². The molecule has 44 heavy (non-hydrogen) atoms. The third kappa shape index (κ3) is 5.03. The quantitative estimate of drug-likeness (QED) is 0.406. The first-order chi connectivity index (χ1) is 21.0. The monoisotopic (exact) mass is 614 g/mol. The van der Waals surface area contributed by atoms with E-state index in [1.165, 1.54) is 19.3 Å². The first kappa shape index (κ1) is 31.5. The van der Waals surface area contributed by atoms with E-state index < -0.39 is 11.6 Å². The highest BCUT2D eigenvalue weighted by molar-refractivity contribution is 5.76. The zero-order valence-electron chi connectivity index (χ0n) is 27.5. The van der Waals surface area contributed by atoms with Crippen LogP contribution in [0.2, 0.25) is 0 Å². The number of aliphatic hydroxyl groups excluding tert-OH is 1. The first-order valence-corrected chi connectivity index (χ1v) is 18.1. The molecule has 7 aliphatic rings. The molecule has 5 aliphatic carbocycles. The van der Waals surface area contributed by atoms with Crippen molar-refractivity contribution in [1.29, 1.82) is 0 Å². The smallest absolute Gasteiger partial charge is 0.223 e. The highest BCUT2D eigenvalue weighted by Gasteiger charge is 2.74. The summed E-state index contributed by atoms with van der Waals surface area (Å²) in [5.74, 6) is 1.86. The van der Waals surface area contributed by atoms with Crippen LogP contribution < -0.4 is 5.73 Å². The molecule has 2 aliphatic heterocycles. The van der Waals surface area contributed by atoms with Crippen molar-refractivity contribution in [1.82, 2.24) is 4.90 Å². The Morgan fingerprint density at radius 1 is 1.05 bits per heavy atom. The standard InChI is InChI=1S/C36H58N2O6/c1-33(2)24-9-12-27-35(21-24,16-15-34(3)26-11-10-25(13-18-39)43-31(26)32(41)36(27,34)37)14-5-4-6-28(33)44-30-22-38(17-19-42-30)29(40)20-23-7-8-23/h18,23-28,30-32,41H,4-17,19-22,37H2,1-3H3. The third-order valence-electron chi connectivity index (χ3n) is 14.6. The number of rotatable bonds is 6. The van der Waals surface area contributed by atoms with Crippen LogP contribution in [0.15, 0.2) is 0 Å². The molecule has 8 nitrogen and oxygen atoms in total. The molecule has 2 heterocycles. The molecule has 1 amide bonds. The van der Waals surface area contributed by atoms with Gasteiger partial charge in [0.2, 0.25) is 5.91 Å². The summed E-state index contributed by atoms with van der Waals surface area (Å²) in [6, 6.07) is 0. The Hall–Kier alpha value is -1.06. The van der Waals surface area contributed by atoms with Gasteiger partial charge in [0.25, 0.3) is 0 Å². The molecular weight excluding hydrogens is 556 g/mol. The molecule has 0 aromatic carbocycles. The summed E-state index contributed by atoms with van der Waals surface area (Å²) < 4.78 is 19.5. The minimum absolute atomic E-state index is 0.0398. The van der Waals surface area contributed by atoms with Crippen LogP contribution in [0.5, 0.6) is 0 Å². The lowest BCUT2D eigenvalue weighted by atomic mass is 9.42. The van der Waals surface area contributed by atoms with E-state index in [2.05, 4.69) is 20.8 Å². The maximum atomic E-state index is 12.9. The number of aldehydes is 1. The highest BCUT2D eigenvalue weighted by Crippen LogP contribution is 2.71. The summed E-state index contributed by atoms with van der Waals surface area (Å²) in [5.41, 5.74) is 6.89. The average molecular weight is 615 g/mol. The fourth-order valence-electron chi connectivity index (χ4n) is 11.6. The Bertz CT molecular complexity index is 1100. The Labute approximate surface area is 264 Å². The van der Waals surface area contributed by atoms with Gasteiger partial charge in [-0.2, -0.15) is 0 Å². The SMILES string of the molecule is CC1(C)C2CCC3C(CCCCC1OC1CN(C(=O)CC4CC4)CCO1)(CCC1(C)C4CCC(CC=O)OC4C(O)C31N)C2. The van der Waals surface area contributed by atoms with Crippen molar-refractivity contribution in [2.45, 2.75) is 153 Å². The van der Waals surface area contributed by atoms with Gasteiger partial charge in [-0.15, -0.1) is 0 Å². The minimum atomic E-state index is -0.698. The van der Waals surface area contributed by atoms with E-state index in [0.29, 0.717) is 44.4 Å². The zero-order chi connectivity index (χ0) is 30.9. The molecule has 8 heteroatoms. The van der Waals surface area contributed by atoms with Crippen molar-refractivity contribution in [2.24, 2.45) is 45.7 Å². The van der Waals surface area contributed by atoms with Crippen LogP contribution in [0.4, 0.5) is 0 Å². The second kappa shape index (κ2) is 11.6. The third-order valence-corrected chi connectivity index (χ3v) is 14.6. The number of nitrogens with zero attached hydrogens (tertiary/aromatic N) is 1. The van der Waals surface area contributed by atoms with Gasteiger partial charge in [0.05, 0.1) is 43.1 Å². The number of morpholine rings is 1. The maximum absolute atomic E-state index is 12.9. The molecule has 0 aromatic heterocycles. The molecular formula is C36H58N2O6. The van der Waals surface area contributed by atoms with E-state index in [9.17, 15) is 14.7 Å². The minimum Gasteiger partial charge on any atom is -0.388 e. The predicted octanol–water partition coefficient (Wildman–Crippen LogP) is 4.98. The van der Waals surface area contributed by atoms with Crippen LogP contribution in [0.1, 0.15) is 117 Å². The van der Waals surface area contributed by atoms with Crippen molar-refractivity contribution in [2.75, 3.05) is 19.7 Å². The molecule has 7 fully saturated rings. The molecule has 0 radical (unpaired) electrons. The number of carbonyl (C=O) groups is 2. The Kier molecular flexibility index (Phi) is 8.29. The van der Waals surface area contributed by atoms with E-state index >= 15 is 0 Å². The van der Waals surface area contributed by atoms with Crippen molar-refractivity contribution in [3.05, 3.63) is 0 Å². The second-order valence-corrected chi connectivity index (χ2v) is 17.0. The molecule has 5 saturated carbocycles. The van der Waals surface area contributed by atoms with Crippen LogP contribution in [0, 0.1) is 39.9 Å². The number of hydrogen-bond acceptors (Lipinski definition) is 7. The van der Waals surface area contributed by atoms with Crippen molar-refractivity contribution in [3.8, 4) is 0 Å². The van der Waals surface area contributed by atoms with E-state index in [-0.39, 0.29) is 58.6 Å². The van der Waals surface area contributed by atoms with Gasteiger partial charge < -0.3 is 34.7 Å². The van der Waals surface area contributed by atoms with Gasteiger partial charge in [0.15, 0.2) is 6.29 Å². The van der Waals surface area contributed by atoms with Gasteiger partial charge in [-0.05, 0) is 111 Å². The van der Waals surface area contributed by atoms with Gasteiger partial charge in [0.1, 0.15) is 6.29 Å². The topological polar surface area (TPSA) is 111 Å². The number of ether oxygens (including phenoxy) is 3. The lowest BCUT2D eigenvalue weighted by Crippen LogP contribution is -2.70. The average Bonchev–Trinajstić information content (AvgIpc) is 3.81. The fraction of sp³-hybridized carbons (Fsp3) is 0.944. The summed E-state index contributed by atoms with van der Waals surface area (Å²) in [4.78, 5) is 26.1. The van der Waals surface area contributed by atoms with Crippen molar-refractivity contribution in [3.63, 3.8) is 0 Å². The summed E-state index contributed by atoms with van der Waals surface area (Å²) in [6.45, 7) is 8.93. The Morgan fingerprint density at radius 3 is 2.64 bits per heavy atom. The first-order valence-electron chi connectivity index (χ1n) is 18.1. The van der Waals surface area contributed by atoms with Crippen LogP contribution in [-0.2, 0) is 23.8 Å². The Balaban J connectivity index is 1.09. The molecule has 3 N–H and O–H groups in total. The van der Waals surface area contributed by atoms with E-state index in [4.69, 9.17) is 19.9 Å². The molecule has 2 saturated heterocycles. The number of carbonyl (C=O) groups excluding carboxylic acids is 2. The number of amides is 1. The van der Waals surface area contributed by atoms with Gasteiger partial charge in [-0.3, -0.25) is 4.79 Å². The van der Waals surface area contributed by atoms with E-state index in [1.54, 1.807) is 0 Å². The molecule has 248 valence electrons. The summed E-state index contributed by atoms with van der Waals surface area (Å²) in [7, 11) is 0. The number of fused-ring (bicyclic) bond motifs is 5. The van der Waals surface area contributed by atoms with Crippen LogP contribution in [0.3, 0.4) is 0 Å². The van der Waals surface area contributed by atoms with Crippen LogP contribution >= 0.6 is 0 Å². The van der Waals surface area contributed by atoms with E-state index in [1.807, 2.05) is 4.90 Å². The molecule has 11 unspecified atom stereocenters. The zero-order valence-corrected chi connectivity index (χ0v) is 27.5. The summed E-state index contributed by atoms with van der Waals surface area (Å²) >= 11 is 0. The molecule has 1 spiro atoms. The number of hydrogen-bond donors (Lipinski definition) is 2. The van der Waals surface area contributed by atoms with Gasteiger partial charge in [0, 0.05) is 19.4 Å². The van der Waals surface area contributed by atoms with Crippen LogP contribution in [-0.4, -0.2) is 78.1 Å². The number of nitrogens with two attached hydrogens (primary N) is 1. The highest BCUT2D eigenvalue weighted by atomic mass is 16.7.